The molecule has 0 aromatic heterocycles. The van der Waals surface area contributed by atoms with Crippen molar-refractivity contribution in [2.75, 3.05) is 19.0 Å². The van der Waals surface area contributed by atoms with Crippen LogP contribution in [0.3, 0.4) is 0 Å². The van der Waals surface area contributed by atoms with E-state index in [4.69, 9.17) is 11.6 Å². The third-order valence-corrected chi connectivity index (χ3v) is 1.93. The molecule has 0 atom stereocenters. The van der Waals surface area contributed by atoms with Crippen LogP contribution in [-0.2, 0) is 9.59 Å². The number of nitrogens with zero attached hydrogens (tertiary/aromatic N) is 1. The van der Waals surface area contributed by atoms with Crippen LogP contribution in [0.5, 0.6) is 0 Å². The molecule has 0 fully saturated rings. The zero-order valence-corrected chi connectivity index (χ0v) is 8.23. The van der Waals surface area contributed by atoms with E-state index >= 15 is 0 Å². The van der Waals surface area contributed by atoms with Crippen LogP contribution in [-0.4, -0.2) is 35.6 Å². The molecular formula is C8H14ClNO2. The number of hydrogen-bond donors (Lipinski definition) is 0. The number of Topliss-reactive ketones (excluding diaryl/α,β-unsaturated/α-hetero) is 1. The molecule has 70 valence electrons. The maximum Gasteiger partial charge on any atom is 0.219 e. The Bertz CT molecular complexity index is 170. The van der Waals surface area contributed by atoms with Crippen molar-refractivity contribution in [3.05, 3.63) is 0 Å². The summed E-state index contributed by atoms with van der Waals surface area (Å²) in [6.07, 6.45) is 0.358. The van der Waals surface area contributed by atoms with Crippen molar-refractivity contribution >= 4 is 23.3 Å². The topological polar surface area (TPSA) is 37.4 Å². The van der Waals surface area contributed by atoms with Crippen molar-refractivity contribution in [3.8, 4) is 0 Å². The normalized spacial score (nSPS) is 9.58. The second-order valence-electron chi connectivity index (χ2n) is 2.52. The molecule has 0 heterocycles. The van der Waals surface area contributed by atoms with Gasteiger partial charge in [0.05, 0.1) is 5.88 Å². The van der Waals surface area contributed by atoms with Crippen LogP contribution in [0.15, 0.2) is 0 Å². The fourth-order valence-electron chi connectivity index (χ4n) is 0.865. The summed E-state index contributed by atoms with van der Waals surface area (Å²) >= 11 is 5.31. The predicted molar refractivity (Wildman–Crippen MR) is 48.3 cm³/mol. The lowest BCUT2D eigenvalue weighted by molar-refractivity contribution is -0.129. The molecule has 0 spiro atoms. The van der Waals surface area contributed by atoms with Crippen LogP contribution in [0, 0.1) is 0 Å². The molecule has 1 amide bonds. The summed E-state index contributed by atoms with van der Waals surface area (Å²) in [6, 6.07) is 0. The van der Waals surface area contributed by atoms with Crippen LogP contribution >= 0.6 is 11.6 Å². The number of ketones is 1. The molecule has 4 heteroatoms. The largest absolute Gasteiger partial charge is 0.343 e. The molecule has 0 aliphatic carbocycles. The molecule has 0 saturated carbocycles. The molecule has 0 unspecified atom stereocenters. The van der Waals surface area contributed by atoms with Crippen molar-refractivity contribution in [1.29, 1.82) is 0 Å². The van der Waals surface area contributed by atoms with Gasteiger partial charge in [-0.15, -0.1) is 11.6 Å². The standard InChI is InChI=1S/C8H14ClNO2/c1-3-10(7(2)11)5-4-8(12)6-9/h3-6H2,1-2H3. The van der Waals surface area contributed by atoms with Gasteiger partial charge in [0.25, 0.3) is 0 Å². The second-order valence-corrected chi connectivity index (χ2v) is 2.79. The van der Waals surface area contributed by atoms with Gasteiger partial charge < -0.3 is 4.90 Å². The highest BCUT2D eigenvalue weighted by Gasteiger charge is 2.07. The van der Waals surface area contributed by atoms with Crippen molar-refractivity contribution in [2.45, 2.75) is 20.3 Å². The minimum Gasteiger partial charge on any atom is -0.343 e. The fraction of sp³-hybridized carbons (Fsp3) is 0.750. The highest BCUT2D eigenvalue weighted by atomic mass is 35.5. The fourth-order valence-corrected chi connectivity index (χ4v) is 0.998. The number of rotatable bonds is 5. The summed E-state index contributed by atoms with van der Waals surface area (Å²) in [5.74, 6) is 0.0198. The lowest BCUT2D eigenvalue weighted by atomic mass is 10.3. The van der Waals surface area contributed by atoms with Crippen molar-refractivity contribution in [1.82, 2.24) is 4.90 Å². The molecule has 0 bridgehead atoms. The molecular weight excluding hydrogens is 178 g/mol. The van der Waals surface area contributed by atoms with Gasteiger partial charge in [-0.1, -0.05) is 0 Å². The lowest BCUT2D eigenvalue weighted by Gasteiger charge is -2.17. The first kappa shape index (κ1) is 11.4. The summed E-state index contributed by atoms with van der Waals surface area (Å²) in [5.41, 5.74) is 0. The average Bonchev–Trinajstić information content (AvgIpc) is 2.04. The molecule has 0 saturated heterocycles. The van der Waals surface area contributed by atoms with Gasteiger partial charge in [0.15, 0.2) is 0 Å². The van der Waals surface area contributed by atoms with Gasteiger partial charge in [-0.3, -0.25) is 9.59 Å². The molecule has 0 aromatic rings. The maximum absolute atomic E-state index is 10.9. The van der Waals surface area contributed by atoms with E-state index < -0.39 is 0 Å². The first-order chi connectivity index (χ1) is 5.61. The predicted octanol–water partition coefficient (Wildman–Crippen LogP) is 1.05. The van der Waals surface area contributed by atoms with Gasteiger partial charge in [0.2, 0.25) is 5.91 Å². The Morgan fingerprint density at radius 2 is 2.00 bits per heavy atom. The van der Waals surface area contributed by atoms with E-state index in [1.165, 1.54) is 6.92 Å². The molecule has 0 aliphatic heterocycles. The molecule has 0 aliphatic rings. The second kappa shape index (κ2) is 6.00. The summed E-state index contributed by atoms with van der Waals surface area (Å²) in [4.78, 5) is 23.3. The molecule has 0 rings (SSSR count). The third-order valence-electron chi connectivity index (χ3n) is 1.64. The van der Waals surface area contributed by atoms with E-state index in [-0.39, 0.29) is 17.6 Å². The van der Waals surface area contributed by atoms with E-state index in [1.54, 1.807) is 4.90 Å². The van der Waals surface area contributed by atoms with Gasteiger partial charge in [-0.05, 0) is 6.92 Å². The zero-order chi connectivity index (χ0) is 9.56. The molecule has 12 heavy (non-hydrogen) atoms. The minimum absolute atomic E-state index is 0.000118. The van der Waals surface area contributed by atoms with Crippen LogP contribution in [0.4, 0.5) is 0 Å². The minimum atomic E-state index is -0.0173. The number of carbonyl (C=O) groups excluding carboxylic acids is 2. The van der Waals surface area contributed by atoms with E-state index in [0.29, 0.717) is 19.5 Å². The quantitative estimate of drug-likeness (QED) is 0.610. The summed E-state index contributed by atoms with van der Waals surface area (Å²) in [6.45, 7) is 4.50. The Morgan fingerprint density at radius 1 is 1.42 bits per heavy atom. The van der Waals surface area contributed by atoms with Gasteiger partial charge >= 0.3 is 0 Å². The molecule has 0 aromatic carbocycles. The number of carbonyl (C=O) groups is 2. The highest BCUT2D eigenvalue weighted by molar-refractivity contribution is 6.27. The lowest BCUT2D eigenvalue weighted by Crippen LogP contribution is -2.30. The Balaban J connectivity index is 3.73. The summed E-state index contributed by atoms with van der Waals surface area (Å²) < 4.78 is 0. The number of alkyl halides is 1. The van der Waals surface area contributed by atoms with Crippen molar-refractivity contribution in [3.63, 3.8) is 0 Å². The Labute approximate surface area is 77.7 Å². The van der Waals surface area contributed by atoms with Gasteiger partial charge in [0.1, 0.15) is 5.78 Å². The Kier molecular flexibility index (Phi) is 5.72. The van der Waals surface area contributed by atoms with E-state index in [1.807, 2.05) is 6.92 Å². The summed E-state index contributed by atoms with van der Waals surface area (Å²) in [5, 5.41) is 0. The summed E-state index contributed by atoms with van der Waals surface area (Å²) in [7, 11) is 0. The van der Waals surface area contributed by atoms with Crippen LogP contribution in [0.25, 0.3) is 0 Å². The van der Waals surface area contributed by atoms with Crippen LogP contribution < -0.4 is 0 Å². The van der Waals surface area contributed by atoms with Crippen molar-refractivity contribution in [2.24, 2.45) is 0 Å². The first-order valence-corrected chi connectivity index (χ1v) is 4.48. The number of halogens is 1. The Hall–Kier alpha value is -0.570. The molecule has 0 N–H and O–H groups in total. The average molecular weight is 192 g/mol. The van der Waals surface area contributed by atoms with E-state index in [2.05, 4.69) is 0 Å². The van der Waals surface area contributed by atoms with Crippen molar-refractivity contribution < 1.29 is 9.59 Å². The molecule has 3 nitrogen and oxygen atoms in total. The van der Waals surface area contributed by atoms with Gasteiger partial charge in [-0.25, -0.2) is 0 Å². The first-order valence-electron chi connectivity index (χ1n) is 3.95. The molecule has 0 radical (unpaired) electrons. The SMILES string of the molecule is CCN(CCC(=O)CCl)C(C)=O. The van der Waals surface area contributed by atoms with E-state index in [9.17, 15) is 9.59 Å². The maximum atomic E-state index is 10.9. The Morgan fingerprint density at radius 3 is 2.33 bits per heavy atom. The number of amides is 1. The van der Waals surface area contributed by atoms with Gasteiger partial charge in [0, 0.05) is 26.4 Å². The van der Waals surface area contributed by atoms with Crippen LogP contribution in [0.2, 0.25) is 0 Å². The monoisotopic (exact) mass is 191 g/mol. The highest BCUT2D eigenvalue weighted by Crippen LogP contribution is 1.94. The van der Waals surface area contributed by atoms with Gasteiger partial charge in [-0.2, -0.15) is 0 Å². The zero-order valence-electron chi connectivity index (χ0n) is 7.47. The van der Waals surface area contributed by atoms with Crippen LogP contribution in [0.1, 0.15) is 20.3 Å². The van der Waals surface area contributed by atoms with E-state index in [0.717, 1.165) is 0 Å². The third kappa shape index (κ3) is 4.34. The number of hydrogen-bond acceptors (Lipinski definition) is 2. The smallest absolute Gasteiger partial charge is 0.219 e.